The number of hydrogen-bond acceptors (Lipinski definition) is 6. The Morgan fingerprint density at radius 2 is 1.82 bits per heavy atom. The van der Waals surface area contributed by atoms with E-state index in [1.54, 1.807) is 36.4 Å². The van der Waals surface area contributed by atoms with Gasteiger partial charge in [-0.3, -0.25) is 9.59 Å². The number of ketones is 1. The van der Waals surface area contributed by atoms with Gasteiger partial charge in [-0.05, 0) is 79.9 Å². The van der Waals surface area contributed by atoms with Gasteiger partial charge in [-0.15, -0.1) is 0 Å². The minimum absolute atomic E-state index is 0.0160. The van der Waals surface area contributed by atoms with Crippen LogP contribution in [0, 0.1) is 5.92 Å². The van der Waals surface area contributed by atoms with Crippen LogP contribution in [-0.4, -0.2) is 49.5 Å². The van der Waals surface area contributed by atoms with Crippen molar-refractivity contribution in [3.05, 3.63) is 86.6 Å². The monoisotopic (exact) mass is 575 g/mol. The number of carbonyl (C=O) groups is 2. The lowest BCUT2D eigenvalue weighted by atomic mass is 9.85. The molecular formula is C28H28Cl3N3O4. The third-order valence-electron chi connectivity index (χ3n) is 6.51. The zero-order valence-corrected chi connectivity index (χ0v) is 23.1. The van der Waals surface area contributed by atoms with E-state index in [0.717, 1.165) is 31.5 Å². The molecule has 0 radical (unpaired) electrons. The highest BCUT2D eigenvalue weighted by Crippen LogP contribution is 2.29. The van der Waals surface area contributed by atoms with Crippen molar-refractivity contribution in [2.75, 3.05) is 26.8 Å². The topological polar surface area (TPSA) is 89.5 Å². The Morgan fingerprint density at radius 1 is 1.03 bits per heavy atom. The molecule has 38 heavy (non-hydrogen) atoms. The minimum Gasteiger partial charge on any atom is -0.493 e. The second kappa shape index (κ2) is 13.3. The molecule has 10 heteroatoms. The van der Waals surface area contributed by atoms with E-state index < -0.39 is 6.04 Å². The van der Waals surface area contributed by atoms with Gasteiger partial charge in [-0.25, -0.2) is 4.98 Å². The number of amides is 1. The number of benzene rings is 2. The lowest BCUT2D eigenvalue weighted by Gasteiger charge is -2.30. The predicted octanol–water partition coefficient (Wildman–Crippen LogP) is 5.65. The molecule has 2 heterocycles. The van der Waals surface area contributed by atoms with Crippen molar-refractivity contribution in [3.63, 3.8) is 0 Å². The molecular weight excluding hydrogens is 549 g/mol. The first-order valence-electron chi connectivity index (χ1n) is 12.3. The average molecular weight is 577 g/mol. The summed E-state index contributed by atoms with van der Waals surface area (Å²) in [6.45, 7) is 1.86. The summed E-state index contributed by atoms with van der Waals surface area (Å²) in [4.78, 5) is 30.8. The van der Waals surface area contributed by atoms with Crippen molar-refractivity contribution in [2.24, 2.45) is 5.92 Å². The van der Waals surface area contributed by atoms with E-state index >= 15 is 0 Å². The number of pyridine rings is 1. The molecule has 0 aliphatic carbocycles. The number of nitrogens with one attached hydrogen (secondary N) is 2. The average Bonchev–Trinajstić information content (AvgIpc) is 2.92. The fourth-order valence-electron chi connectivity index (χ4n) is 4.46. The van der Waals surface area contributed by atoms with Crippen LogP contribution >= 0.6 is 34.8 Å². The Balaban J connectivity index is 1.50. The Bertz CT molecular complexity index is 1300. The van der Waals surface area contributed by atoms with Crippen molar-refractivity contribution >= 4 is 46.5 Å². The quantitative estimate of drug-likeness (QED) is 0.239. The van der Waals surface area contributed by atoms with Gasteiger partial charge in [-0.2, -0.15) is 0 Å². The Morgan fingerprint density at radius 3 is 2.53 bits per heavy atom. The zero-order chi connectivity index (χ0) is 27.1. The van der Waals surface area contributed by atoms with E-state index in [2.05, 4.69) is 15.6 Å². The highest BCUT2D eigenvalue weighted by atomic mass is 35.5. The fourth-order valence-corrected chi connectivity index (χ4v) is 5.14. The second-order valence-corrected chi connectivity index (χ2v) is 10.2. The summed E-state index contributed by atoms with van der Waals surface area (Å²) in [5, 5.41) is 7.62. The van der Waals surface area contributed by atoms with Crippen LogP contribution in [0.25, 0.3) is 0 Å². The molecule has 1 amide bonds. The molecule has 0 saturated carbocycles. The number of carbonyl (C=O) groups excluding carboxylic acids is 2. The molecule has 7 nitrogen and oxygen atoms in total. The first-order valence-corrected chi connectivity index (χ1v) is 13.4. The number of methoxy groups -OCH3 is 1. The van der Waals surface area contributed by atoms with Gasteiger partial charge < -0.3 is 20.1 Å². The number of ether oxygens (including phenoxy) is 2. The maximum absolute atomic E-state index is 13.5. The van der Waals surface area contributed by atoms with Crippen LogP contribution in [0.1, 0.15) is 39.1 Å². The van der Waals surface area contributed by atoms with Crippen LogP contribution in [0.15, 0.2) is 54.7 Å². The summed E-state index contributed by atoms with van der Waals surface area (Å²) in [5.41, 5.74) is 1.65. The number of rotatable bonds is 10. The Labute approximate surface area is 236 Å². The third-order valence-corrected chi connectivity index (χ3v) is 7.30. The van der Waals surface area contributed by atoms with E-state index in [0.29, 0.717) is 45.7 Å². The molecule has 1 unspecified atom stereocenters. The van der Waals surface area contributed by atoms with Crippen molar-refractivity contribution in [1.29, 1.82) is 0 Å². The van der Waals surface area contributed by atoms with Crippen LogP contribution in [0.3, 0.4) is 0 Å². The Kier molecular flexibility index (Phi) is 9.86. The van der Waals surface area contributed by atoms with Crippen LogP contribution < -0.4 is 20.1 Å². The summed E-state index contributed by atoms with van der Waals surface area (Å²) < 4.78 is 11.4. The van der Waals surface area contributed by atoms with Gasteiger partial charge >= 0.3 is 0 Å². The van der Waals surface area contributed by atoms with Crippen LogP contribution in [-0.2, 0) is 6.42 Å². The largest absolute Gasteiger partial charge is 0.493 e. The van der Waals surface area contributed by atoms with Crippen molar-refractivity contribution in [1.82, 2.24) is 15.6 Å². The Hall–Kier alpha value is -2.84. The number of aromatic nitrogens is 1. The normalized spacial score (nSPS) is 14.5. The number of Topliss-reactive ketones (excluding diaryl/α,β-unsaturated/α-hetero) is 1. The summed E-state index contributed by atoms with van der Waals surface area (Å²) >= 11 is 18.3. The summed E-state index contributed by atoms with van der Waals surface area (Å²) in [6, 6.07) is 12.7. The predicted molar refractivity (Wildman–Crippen MR) is 149 cm³/mol. The maximum atomic E-state index is 13.5. The molecule has 2 N–H and O–H groups in total. The second-order valence-electron chi connectivity index (χ2n) is 8.97. The van der Waals surface area contributed by atoms with Crippen molar-refractivity contribution in [2.45, 2.75) is 25.3 Å². The highest BCUT2D eigenvalue weighted by molar-refractivity contribution is 6.35. The zero-order valence-electron chi connectivity index (χ0n) is 20.8. The molecule has 200 valence electrons. The van der Waals surface area contributed by atoms with Gasteiger partial charge in [0.05, 0.1) is 19.8 Å². The lowest BCUT2D eigenvalue weighted by molar-refractivity contribution is 0.0806. The number of hydrogen-bond donors (Lipinski definition) is 2. The number of piperidine rings is 1. The summed E-state index contributed by atoms with van der Waals surface area (Å²) in [7, 11) is 1.53. The van der Waals surface area contributed by atoms with Gasteiger partial charge in [0.15, 0.2) is 17.3 Å². The molecule has 1 aromatic heterocycles. The van der Waals surface area contributed by atoms with Gasteiger partial charge in [0.1, 0.15) is 5.15 Å². The summed E-state index contributed by atoms with van der Waals surface area (Å²) in [6.07, 6.45) is 3.55. The SMILES string of the molecule is COc1ccc(C(=O)NC(C(=O)c2ccnc(Cl)c2)C2CCNCC2)cc1OCCc1ccc(Cl)cc1Cl. The minimum atomic E-state index is -0.707. The van der Waals surface area contributed by atoms with E-state index in [4.69, 9.17) is 44.3 Å². The van der Waals surface area contributed by atoms with E-state index in [-0.39, 0.29) is 22.8 Å². The van der Waals surface area contributed by atoms with Gasteiger partial charge in [0, 0.05) is 33.8 Å². The first kappa shape index (κ1) is 28.2. The van der Waals surface area contributed by atoms with Crippen molar-refractivity contribution < 1.29 is 19.1 Å². The van der Waals surface area contributed by atoms with Gasteiger partial charge in [-0.1, -0.05) is 40.9 Å². The molecule has 1 saturated heterocycles. The first-order chi connectivity index (χ1) is 18.4. The van der Waals surface area contributed by atoms with E-state index in [1.165, 1.54) is 19.4 Å². The van der Waals surface area contributed by atoms with Crippen LogP contribution in [0.2, 0.25) is 15.2 Å². The van der Waals surface area contributed by atoms with Gasteiger partial charge in [0.2, 0.25) is 0 Å². The van der Waals surface area contributed by atoms with E-state index in [1.807, 2.05) is 6.07 Å². The molecule has 3 aromatic rings. The van der Waals surface area contributed by atoms with Crippen molar-refractivity contribution in [3.8, 4) is 11.5 Å². The smallest absolute Gasteiger partial charge is 0.252 e. The fraction of sp³-hybridized carbons (Fsp3) is 0.321. The molecule has 1 fully saturated rings. The third kappa shape index (κ3) is 7.17. The van der Waals surface area contributed by atoms with Gasteiger partial charge in [0.25, 0.3) is 5.91 Å². The maximum Gasteiger partial charge on any atom is 0.252 e. The molecule has 2 aromatic carbocycles. The van der Waals surface area contributed by atoms with Crippen LogP contribution in [0.4, 0.5) is 0 Å². The van der Waals surface area contributed by atoms with Crippen LogP contribution in [0.5, 0.6) is 11.5 Å². The molecule has 1 atom stereocenters. The number of halogens is 3. The van der Waals surface area contributed by atoms with E-state index in [9.17, 15) is 9.59 Å². The molecule has 0 bridgehead atoms. The molecule has 4 rings (SSSR count). The molecule has 1 aliphatic heterocycles. The summed E-state index contributed by atoms with van der Waals surface area (Å²) in [5.74, 6) is 0.310. The highest BCUT2D eigenvalue weighted by Gasteiger charge is 2.32. The standard InChI is InChI=1S/C28H28Cl3N3O4/c1-37-23-5-3-20(14-24(23)38-13-9-17-2-4-21(29)16-22(17)30)28(36)34-26(18-6-10-32-11-7-18)27(35)19-8-12-33-25(31)15-19/h2-5,8,12,14-16,18,26,32H,6-7,9-11,13H2,1H3,(H,34,36). The lowest BCUT2D eigenvalue weighted by Crippen LogP contribution is -2.49. The molecule has 0 spiro atoms. The number of nitrogens with zero attached hydrogens (tertiary/aromatic N) is 1. The molecule has 1 aliphatic rings.